The van der Waals surface area contributed by atoms with E-state index in [9.17, 15) is 19.8 Å². The third-order valence-corrected chi connectivity index (χ3v) is 11.6. The first-order chi connectivity index (χ1) is 24.7. The number of ketones is 2. The van der Waals surface area contributed by atoms with E-state index in [-0.39, 0.29) is 47.8 Å². The van der Waals surface area contributed by atoms with Crippen molar-refractivity contribution in [2.45, 2.75) is 30.6 Å². The number of methoxy groups -OCH3 is 1. The molecule has 2 amide bonds. The lowest BCUT2D eigenvalue weighted by atomic mass is 9.44. The molecule has 3 aliphatic carbocycles. The van der Waals surface area contributed by atoms with Crippen LogP contribution in [-0.2, 0) is 31.0 Å². The van der Waals surface area contributed by atoms with Crippen LogP contribution in [0.4, 0.5) is 0 Å². The molecule has 256 valence electrons. The van der Waals surface area contributed by atoms with Crippen molar-refractivity contribution < 1.29 is 34.1 Å². The minimum absolute atomic E-state index is 0.0547. The normalized spacial score (nSPS) is 26.9. The number of rotatable bonds is 7. The van der Waals surface area contributed by atoms with Crippen LogP contribution in [-0.4, -0.2) is 52.1 Å². The van der Waals surface area contributed by atoms with Gasteiger partial charge in [0.15, 0.2) is 11.6 Å². The Balaban J connectivity index is 1.30. The van der Waals surface area contributed by atoms with Crippen molar-refractivity contribution >= 4 is 29.0 Å². The molecular formula is C43H37NO7. The van der Waals surface area contributed by atoms with Gasteiger partial charge in [0.05, 0.1) is 24.4 Å². The lowest BCUT2D eigenvalue weighted by Crippen LogP contribution is -2.58. The van der Waals surface area contributed by atoms with Crippen molar-refractivity contribution in [3.8, 4) is 17.2 Å². The molecule has 8 rings (SSSR count). The molecule has 4 aromatic carbocycles. The molecule has 2 fully saturated rings. The highest BCUT2D eigenvalue weighted by Gasteiger charge is 2.66. The van der Waals surface area contributed by atoms with E-state index < -0.39 is 35.0 Å². The Hall–Kier alpha value is -5.76. The quantitative estimate of drug-likeness (QED) is 0.177. The van der Waals surface area contributed by atoms with Gasteiger partial charge in [-0.15, -0.1) is 0 Å². The number of carbonyl (C=O) groups excluding carboxylic acids is 4. The standard InChI is InChI=1S/C43H37NO7/c1-51-29-16-19-36(46)34(22-29)39-30-17-18-31-38(42(50)44(41(31)49)21-20-25-12-14-28(45)15-13-25)33(30)23-35-40(48)32(26-8-4-2-5-9-26)24-37(47)43(35,39)27-10-6-3-7-11-27/h2-17,19,22,24,31,33,35,38-39,45-46H,18,20-21,23H2,1H3/t31-,33+,35-,38-,39+,43-/m0/s1. The number of likely N-dealkylation sites (tertiary alicyclic amines) is 1. The minimum Gasteiger partial charge on any atom is -0.508 e. The second kappa shape index (κ2) is 12.5. The van der Waals surface area contributed by atoms with Crippen LogP contribution in [0.25, 0.3) is 5.57 Å². The van der Waals surface area contributed by atoms with Crippen molar-refractivity contribution in [3.63, 3.8) is 0 Å². The fourth-order valence-electron chi connectivity index (χ4n) is 9.30. The zero-order valence-electron chi connectivity index (χ0n) is 28.1. The summed E-state index contributed by atoms with van der Waals surface area (Å²) in [6, 6.07) is 30.0. The average Bonchev–Trinajstić information content (AvgIpc) is 3.41. The predicted octanol–water partition coefficient (Wildman–Crippen LogP) is 6.17. The van der Waals surface area contributed by atoms with Gasteiger partial charge in [-0.3, -0.25) is 24.1 Å². The van der Waals surface area contributed by atoms with Crippen molar-refractivity contribution in [1.29, 1.82) is 0 Å². The summed E-state index contributed by atoms with van der Waals surface area (Å²) in [5.74, 6) is -4.04. The highest BCUT2D eigenvalue weighted by Crippen LogP contribution is 2.64. The Labute approximate surface area is 295 Å². The summed E-state index contributed by atoms with van der Waals surface area (Å²) in [6.45, 7) is 0.188. The third kappa shape index (κ3) is 5.03. The van der Waals surface area contributed by atoms with Crippen LogP contribution in [0.2, 0.25) is 0 Å². The van der Waals surface area contributed by atoms with Gasteiger partial charge in [-0.05, 0) is 78.3 Å². The Morgan fingerprint density at radius 2 is 1.53 bits per heavy atom. The molecular weight excluding hydrogens is 642 g/mol. The second-order valence-corrected chi connectivity index (χ2v) is 14.0. The number of amides is 2. The highest BCUT2D eigenvalue weighted by molar-refractivity contribution is 6.31. The summed E-state index contributed by atoms with van der Waals surface area (Å²) >= 11 is 0. The van der Waals surface area contributed by atoms with Crippen LogP contribution >= 0.6 is 0 Å². The molecule has 2 N–H and O–H groups in total. The lowest BCUT2D eigenvalue weighted by Gasteiger charge is -2.55. The van der Waals surface area contributed by atoms with Gasteiger partial charge in [0.1, 0.15) is 17.2 Å². The van der Waals surface area contributed by atoms with Crippen LogP contribution < -0.4 is 4.74 Å². The molecule has 8 heteroatoms. The van der Waals surface area contributed by atoms with E-state index in [0.29, 0.717) is 40.9 Å². The molecule has 51 heavy (non-hydrogen) atoms. The number of ether oxygens (including phenoxy) is 1. The summed E-state index contributed by atoms with van der Waals surface area (Å²) in [6.07, 6.45) is 4.36. The minimum atomic E-state index is -1.44. The number of hydrogen-bond acceptors (Lipinski definition) is 7. The number of Topliss-reactive ketones (excluding diaryl/α,β-unsaturated/α-hetero) is 1. The van der Waals surface area contributed by atoms with Crippen LogP contribution in [0.5, 0.6) is 17.2 Å². The van der Waals surface area contributed by atoms with Gasteiger partial charge < -0.3 is 14.9 Å². The van der Waals surface area contributed by atoms with Crippen LogP contribution in [0.15, 0.2) is 121 Å². The maximum Gasteiger partial charge on any atom is 0.233 e. The molecule has 1 aliphatic heterocycles. The first kappa shape index (κ1) is 32.4. The van der Waals surface area contributed by atoms with Gasteiger partial charge >= 0.3 is 0 Å². The van der Waals surface area contributed by atoms with E-state index in [1.165, 1.54) is 24.2 Å². The predicted molar refractivity (Wildman–Crippen MR) is 190 cm³/mol. The number of fused-ring (bicyclic) bond motifs is 4. The Kier molecular flexibility index (Phi) is 7.97. The van der Waals surface area contributed by atoms with Crippen LogP contribution in [0, 0.1) is 23.7 Å². The van der Waals surface area contributed by atoms with Crippen molar-refractivity contribution in [2.24, 2.45) is 23.7 Å². The van der Waals surface area contributed by atoms with E-state index in [1.807, 2.05) is 66.7 Å². The lowest BCUT2D eigenvalue weighted by molar-refractivity contribution is -0.140. The Bertz CT molecular complexity index is 2120. The summed E-state index contributed by atoms with van der Waals surface area (Å²) < 4.78 is 5.60. The van der Waals surface area contributed by atoms with E-state index in [4.69, 9.17) is 4.74 Å². The fraction of sp³-hybridized carbons (Fsp3) is 0.256. The zero-order valence-corrected chi connectivity index (χ0v) is 28.1. The summed E-state index contributed by atoms with van der Waals surface area (Å²) in [5.41, 5.74) is 2.24. The molecule has 0 unspecified atom stereocenters. The third-order valence-electron chi connectivity index (χ3n) is 11.6. The summed E-state index contributed by atoms with van der Waals surface area (Å²) in [4.78, 5) is 59.9. The van der Waals surface area contributed by atoms with E-state index in [2.05, 4.69) is 0 Å². The maximum absolute atomic E-state index is 15.1. The number of carbonyl (C=O) groups is 4. The summed E-state index contributed by atoms with van der Waals surface area (Å²) in [7, 11) is 1.53. The van der Waals surface area contributed by atoms with Gasteiger partial charge in [0.2, 0.25) is 11.8 Å². The van der Waals surface area contributed by atoms with Crippen LogP contribution in [0.1, 0.15) is 41.0 Å². The van der Waals surface area contributed by atoms with Gasteiger partial charge in [-0.1, -0.05) is 84.4 Å². The molecule has 1 saturated heterocycles. The Morgan fingerprint density at radius 3 is 2.24 bits per heavy atom. The number of aromatic hydroxyl groups is 2. The smallest absolute Gasteiger partial charge is 0.233 e. The van der Waals surface area contributed by atoms with Crippen molar-refractivity contribution in [3.05, 3.63) is 143 Å². The number of imide groups is 1. The molecule has 8 nitrogen and oxygen atoms in total. The molecule has 0 bridgehead atoms. The van der Waals surface area contributed by atoms with E-state index in [0.717, 1.165) is 11.1 Å². The highest BCUT2D eigenvalue weighted by atomic mass is 16.5. The number of phenolic OH excluding ortho intramolecular Hbond substituents is 2. The van der Waals surface area contributed by atoms with Gasteiger partial charge in [0.25, 0.3) is 0 Å². The number of benzene rings is 4. The fourth-order valence-corrected chi connectivity index (χ4v) is 9.30. The van der Waals surface area contributed by atoms with Gasteiger partial charge in [-0.25, -0.2) is 0 Å². The number of allylic oxidation sites excluding steroid dienone is 4. The van der Waals surface area contributed by atoms with Gasteiger partial charge in [-0.2, -0.15) is 0 Å². The van der Waals surface area contributed by atoms with Crippen molar-refractivity contribution in [1.82, 2.24) is 4.90 Å². The molecule has 1 saturated carbocycles. The number of hydrogen-bond donors (Lipinski definition) is 2. The maximum atomic E-state index is 15.1. The Morgan fingerprint density at radius 1 is 0.824 bits per heavy atom. The molecule has 0 radical (unpaired) electrons. The molecule has 0 spiro atoms. The molecule has 4 aliphatic rings. The second-order valence-electron chi connectivity index (χ2n) is 14.0. The monoisotopic (exact) mass is 679 g/mol. The largest absolute Gasteiger partial charge is 0.508 e. The summed E-state index contributed by atoms with van der Waals surface area (Å²) in [5, 5.41) is 21.3. The van der Waals surface area contributed by atoms with Crippen LogP contribution in [0.3, 0.4) is 0 Å². The average molecular weight is 680 g/mol. The first-order valence-corrected chi connectivity index (χ1v) is 17.3. The zero-order chi connectivity index (χ0) is 35.4. The first-order valence-electron chi connectivity index (χ1n) is 17.3. The van der Waals surface area contributed by atoms with E-state index in [1.54, 1.807) is 36.4 Å². The van der Waals surface area contributed by atoms with Gasteiger partial charge in [0, 0.05) is 29.5 Å². The van der Waals surface area contributed by atoms with Crippen molar-refractivity contribution in [2.75, 3.05) is 13.7 Å². The topological polar surface area (TPSA) is 121 Å². The SMILES string of the molecule is COc1ccc(O)c([C@H]2C3=CC[C@@H]4C(=O)N(CCc5ccc(O)cc5)C(=O)[C@@H]4[C@@H]3C[C@H]3C(=O)C(c4ccccc4)=CC(=O)[C@@]23c2ccccc2)c1. The molecule has 6 atom stereocenters. The molecule has 4 aromatic rings. The number of nitrogens with zero attached hydrogens (tertiary/aromatic N) is 1. The molecule has 0 aromatic heterocycles. The van der Waals surface area contributed by atoms with E-state index >= 15 is 9.59 Å². The number of phenols is 2. The molecule has 1 heterocycles.